The van der Waals surface area contributed by atoms with E-state index in [4.69, 9.17) is 106 Å². The van der Waals surface area contributed by atoms with E-state index in [9.17, 15) is 14.4 Å². The summed E-state index contributed by atoms with van der Waals surface area (Å²) in [6, 6.07) is 37.4. The van der Waals surface area contributed by atoms with Crippen LogP contribution in [0.3, 0.4) is 0 Å². The Bertz CT molecular complexity index is 2460. The van der Waals surface area contributed by atoms with Gasteiger partial charge in [-0.2, -0.15) is 0 Å². The predicted octanol–water partition coefficient (Wildman–Crippen LogP) is 9.65. The summed E-state index contributed by atoms with van der Waals surface area (Å²) in [6.07, 6.45) is 5.88. The van der Waals surface area contributed by atoms with Gasteiger partial charge in [0.05, 0.1) is 92.9 Å². The normalized spacial score (nSPS) is 9.32. The molecule has 0 radical (unpaired) electrons. The number of terminal acetylenes is 1. The highest BCUT2D eigenvalue weighted by Crippen LogP contribution is 2.36. The van der Waals surface area contributed by atoms with Gasteiger partial charge in [0.25, 0.3) is 0 Å². The minimum Gasteiger partial charge on any atom is -0.481 e. The van der Waals surface area contributed by atoms with Gasteiger partial charge < -0.3 is 57.1 Å². The van der Waals surface area contributed by atoms with Gasteiger partial charge >= 0.3 is 17.9 Å². The molecular weight excluding hydrogens is 1100 g/mol. The number of carboxylic acid groups (broad SMARTS) is 1. The Labute approximate surface area is 468 Å². The molecule has 6 aromatic rings. The number of halogens is 6. The van der Waals surface area contributed by atoms with Crippen LogP contribution in [0.5, 0.6) is 0 Å². The van der Waals surface area contributed by atoms with E-state index in [-0.39, 0.29) is 72.5 Å². The average Bonchev–Trinajstić information content (AvgIpc) is 3.39. The fourth-order valence-electron chi connectivity index (χ4n) is 5.54. The topological polar surface area (TPSA) is 346 Å². The molecule has 0 amide bonds. The van der Waals surface area contributed by atoms with Crippen molar-refractivity contribution < 1.29 is 50.8 Å². The van der Waals surface area contributed by atoms with Gasteiger partial charge in [-0.25, -0.2) is 0 Å². The Balaban J connectivity index is -0.000000948. The Morgan fingerprint density at radius 2 is 0.707 bits per heavy atom. The first kappa shape index (κ1) is 71.1. The molecule has 0 heterocycles. The van der Waals surface area contributed by atoms with E-state index in [0.717, 1.165) is 22.5 Å². The second kappa shape index (κ2) is 44.4. The Kier molecular flexibility index (Phi) is 42.1. The number of anilines is 6. The van der Waals surface area contributed by atoms with Gasteiger partial charge in [0.15, 0.2) is 0 Å². The molecule has 0 aliphatic heterocycles. The number of para-hydroxylation sites is 6. The minimum absolute atomic E-state index is 0. The van der Waals surface area contributed by atoms with Crippen LogP contribution in [0.25, 0.3) is 0 Å². The van der Waals surface area contributed by atoms with E-state index < -0.39 is 17.9 Å². The summed E-state index contributed by atoms with van der Waals surface area (Å²) in [5.74, 6) is 14.3. The molecule has 18 nitrogen and oxygen atoms in total. The van der Waals surface area contributed by atoms with Gasteiger partial charge in [0, 0.05) is 17.1 Å². The molecule has 0 spiro atoms. The van der Waals surface area contributed by atoms with Crippen LogP contribution in [0.1, 0.15) is 25.5 Å². The molecule has 19 N–H and O–H groups in total. The van der Waals surface area contributed by atoms with Crippen molar-refractivity contribution in [3.05, 3.63) is 174 Å². The SMILES string of the molecule is C.N.NN.NN.O=C(Cc1ccccc1Nc1c(Cl)cccc1Cl)OCCO.O=C(Cc1ccccc1Nc1c(Cl)cccc1Cl)OCCO.O=C(O)Cc1ccccc1Nc1c(Cl)cccc1Cl.OCCO.[2H]C#C. The molecule has 0 aliphatic carbocycles. The summed E-state index contributed by atoms with van der Waals surface area (Å²) in [5, 5.41) is 53.8. The third-order valence-corrected chi connectivity index (χ3v) is 10.4. The minimum atomic E-state index is -0.889. The van der Waals surface area contributed by atoms with Crippen LogP contribution in [0, 0.1) is 12.8 Å². The molecule has 6 rings (SSSR count). The van der Waals surface area contributed by atoms with Crippen LogP contribution in [-0.2, 0) is 43.1 Å². The molecule has 410 valence electrons. The van der Waals surface area contributed by atoms with Crippen LogP contribution in [-0.4, -0.2) is 83.1 Å². The summed E-state index contributed by atoms with van der Waals surface area (Å²) in [6.45, 7) is -0.655. The number of ether oxygens (including phenoxy) is 2. The number of aliphatic hydroxyl groups is 4. The fourth-order valence-corrected chi connectivity index (χ4v) is 7.02. The number of hydrogen-bond acceptors (Lipinski definition) is 17. The van der Waals surface area contributed by atoms with E-state index in [0.29, 0.717) is 58.4 Å². The Morgan fingerprint density at radius 3 is 0.933 bits per heavy atom. The van der Waals surface area contributed by atoms with Crippen molar-refractivity contribution in [2.75, 3.05) is 55.6 Å². The van der Waals surface area contributed by atoms with Crippen LogP contribution in [0.15, 0.2) is 127 Å². The van der Waals surface area contributed by atoms with Gasteiger partial charge in [0.1, 0.15) is 14.6 Å². The maximum Gasteiger partial charge on any atom is 0.310 e. The molecule has 0 aliphatic rings. The van der Waals surface area contributed by atoms with Gasteiger partial charge in [-0.15, -0.1) is 12.8 Å². The van der Waals surface area contributed by atoms with Crippen molar-refractivity contribution >= 4 is 122 Å². The molecule has 0 bridgehead atoms. The first-order valence-electron chi connectivity index (χ1n) is 21.5. The van der Waals surface area contributed by atoms with E-state index in [1.807, 2.05) is 54.6 Å². The fraction of sp³-hybridized carbons (Fsp3) is 0.196. The zero-order valence-electron chi connectivity index (χ0n) is 40.6. The predicted molar refractivity (Wildman–Crippen MR) is 306 cm³/mol. The molecule has 75 heavy (non-hydrogen) atoms. The van der Waals surface area contributed by atoms with E-state index >= 15 is 0 Å². The number of hydrogen-bond donors (Lipinski definition) is 13. The van der Waals surface area contributed by atoms with Crippen molar-refractivity contribution in [3.63, 3.8) is 0 Å². The summed E-state index contributed by atoms with van der Waals surface area (Å²) in [5.41, 5.74) is 6.04. The maximum absolute atomic E-state index is 11.7. The number of hydrazine groups is 2. The van der Waals surface area contributed by atoms with Gasteiger partial charge in [-0.1, -0.05) is 150 Å². The van der Waals surface area contributed by atoms with Crippen molar-refractivity contribution in [2.45, 2.75) is 26.7 Å². The Morgan fingerprint density at radius 1 is 0.467 bits per heavy atom. The first-order chi connectivity index (χ1) is 35.6. The third-order valence-electron chi connectivity index (χ3n) is 8.54. The van der Waals surface area contributed by atoms with Crippen LogP contribution in [0.2, 0.25) is 30.1 Å². The maximum atomic E-state index is 11.7. The largest absolute Gasteiger partial charge is 0.481 e. The second-order valence-electron chi connectivity index (χ2n) is 13.4. The zero-order chi connectivity index (χ0) is 55.8. The lowest BCUT2D eigenvalue weighted by atomic mass is 10.1. The molecular formula is C51H64Cl6N8O10. The van der Waals surface area contributed by atoms with E-state index in [1.54, 1.807) is 72.8 Å². The summed E-state index contributed by atoms with van der Waals surface area (Å²) < 4.78 is 15.5. The van der Waals surface area contributed by atoms with Crippen LogP contribution >= 0.6 is 69.6 Å². The van der Waals surface area contributed by atoms with Gasteiger partial charge in [-0.3, -0.25) is 37.8 Å². The van der Waals surface area contributed by atoms with Crippen LogP contribution in [0.4, 0.5) is 34.1 Å². The molecule has 24 heteroatoms. The van der Waals surface area contributed by atoms with Crippen molar-refractivity contribution in [1.82, 2.24) is 6.15 Å². The van der Waals surface area contributed by atoms with E-state index in [2.05, 4.69) is 45.7 Å². The van der Waals surface area contributed by atoms with Gasteiger partial charge in [-0.05, 0) is 71.3 Å². The van der Waals surface area contributed by atoms with Crippen LogP contribution < -0.4 is 45.5 Å². The molecule has 0 unspecified atom stereocenters. The number of rotatable bonds is 17. The highest BCUT2D eigenvalue weighted by molar-refractivity contribution is 6.40. The molecule has 6 aromatic carbocycles. The number of aliphatic hydroxyl groups excluding tert-OH is 4. The van der Waals surface area contributed by atoms with Crippen molar-refractivity contribution in [3.8, 4) is 12.8 Å². The molecule has 0 atom stereocenters. The lowest BCUT2D eigenvalue weighted by Gasteiger charge is -2.14. The lowest BCUT2D eigenvalue weighted by molar-refractivity contribution is -0.144. The quantitative estimate of drug-likeness (QED) is 0.0175. The smallest absolute Gasteiger partial charge is 0.310 e. The average molecular weight is 1160 g/mol. The zero-order valence-corrected chi connectivity index (χ0v) is 44.2. The number of carboxylic acids is 1. The number of carbonyl (C=O) groups is 3. The number of nitrogens with one attached hydrogen (secondary N) is 3. The number of esters is 2. The molecule has 0 fully saturated rings. The second-order valence-corrected chi connectivity index (χ2v) is 15.8. The number of carbonyl (C=O) groups excluding carboxylic acids is 2. The number of benzene rings is 6. The summed E-state index contributed by atoms with van der Waals surface area (Å²) in [4.78, 5) is 34.2. The Hall–Kier alpha value is -5.93. The van der Waals surface area contributed by atoms with Crippen molar-refractivity contribution in [2.24, 2.45) is 23.4 Å². The van der Waals surface area contributed by atoms with Gasteiger partial charge in [0.2, 0.25) is 0 Å². The standard InChI is InChI=1S/2C16H15Cl2NO3.C14H11Cl2NO2.C2H6O2.C2H2.CH4.2H4N2.H3N/c2*17-12-5-3-6-13(18)16(12)19-14-7-2-1-4-11(14)10-15(21)22-9-8-20;15-10-5-3-6-11(16)14(10)17-12-7-2-1-4-9(12)8-13(18)19;3-1-2-4;1-2;;2*1-2;/h2*1-7,19-20H,8-10H2;1-7,17H,8H2,(H,18,19);3-4H,1-2H2;1-2H;1H4;2*1-2H2;1H3/i;;;;1D;;;;. The van der Waals surface area contributed by atoms with E-state index in [1.165, 1.54) is 6.40 Å². The van der Waals surface area contributed by atoms with Crippen molar-refractivity contribution in [1.29, 1.82) is 0 Å². The summed E-state index contributed by atoms with van der Waals surface area (Å²) in [7, 11) is 0. The molecule has 0 saturated carbocycles. The highest BCUT2D eigenvalue weighted by atomic mass is 35.5. The first-order valence-corrected chi connectivity index (χ1v) is 23.3. The number of nitrogens with two attached hydrogens (primary N) is 4. The molecule has 0 saturated heterocycles. The number of aliphatic carboxylic acids is 1. The lowest BCUT2D eigenvalue weighted by Crippen LogP contribution is -2.12. The highest BCUT2D eigenvalue weighted by Gasteiger charge is 2.14. The monoisotopic (exact) mass is 1160 g/mol. The third kappa shape index (κ3) is 28.5. The molecule has 0 aromatic heterocycles. The summed E-state index contributed by atoms with van der Waals surface area (Å²) >= 11 is 36.7.